The van der Waals surface area contributed by atoms with Crippen LogP contribution in [0.3, 0.4) is 0 Å². The Hall–Kier alpha value is -1.61. The monoisotopic (exact) mass is 572 g/mol. The van der Waals surface area contributed by atoms with Crippen molar-refractivity contribution in [3.63, 3.8) is 0 Å². The molecule has 0 saturated carbocycles. The zero-order valence-electron chi connectivity index (χ0n) is 17.2. The zero-order valence-corrected chi connectivity index (χ0v) is 21.1. The first kappa shape index (κ1) is 25.4. The lowest BCUT2D eigenvalue weighted by atomic mass is 9.97. The number of carbonyl (C=O) groups excluding carboxylic acids is 1. The van der Waals surface area contributed by atoms with Crippen molar-refractivity contribution in [3.8, 4) is 0 Å². The number of hydrogen-bond acceptors (Lipinski definition) is 2. The topological polar surface area (TPSA) is 65.5 Å². The number of benzene rings is 2. The molecule has 3 N–H and O–H groups in total. The molecule has 0 spiro atoms. The third-order valence-corrected chi connectivity index (χ3v) is 5.14. The third-order valence-electron chi connectivity index (χ3n) is 4.65. The highest BCUT2D eigenvalue weighted by atomic mass is 127. The van der Waals surface area contributed by atoms with Crippen LogP contribution >= 0.6 is 39.9 Å². The molecular weight excluding hydrogens is 543 g/mol. The average molecular weight is 573 g/mol. The van der Waals surface area contributed by atoms with E-state index in [2.05, 4.69) is 62.0 Å². The van der Waals surface area contributed by atoms with Crippen LogP contribution in [0.25, 0.3) is 0 Å². The van der Waals surface area contributed by atoms with E-state index in [1.165, 1.54) is 5.56 Å². The Morgan fingerprint density at radius 1 is 1.10 bits per heavy atom. The van der Waals surface area contributed by atoms with Crippen LogP contribution in [0.5, 0.6) is 0 Å². The molecule has 0 aliphatic heterocycles. The maximum Gasteiger partial charge on any atom is 0.251 e. The van der Waals surface area contributed by atoms with Crippen LogP contribution in [-0.2, 0) is 13.0 Å². The fourth-order valence-electron chi connectivity index (χ4n) is 2.97. The summed E-state index contributed by atoms with van der Waals surface area (Å²) in [5.41, 5.74) is 3.02. The number of rotatable bonds is 8. The van der Waals surface area contributed by atoms with Gasteiger partial charge < -0.3 is 16.0 Å². The molecule has 0 saturated heterocycles. The average Bonchev–Trinajstić information content (AvgIpc) is 2.72. The van der Waals surface area contributed by atoms with Gasteiger partial charge in [0.15, 0.2) is 5.96 Å². The van der Waals surface area contributed by atoms with E-state index in [0.29, 0.717) is 18.0 Å². The number of nitrogens with zero attached hydrogens (tertiary/aromatic N) is 1. The lowest BCUT2D eigenvalue weighted by Crippen LogP contribution is -2.39. The van der Waals surface area contributed by atoms with Gasteiger partial charge in [0.05, 0.1) is 0 Å². The quantitative estimate of drug-likeness (QED) is 0.250. The Balaban J connectivity index is 0.00000420. The van der Waals surface area contributed by atoms with Crippen LogP contribution in [0, 0.1) is 5.92 Å². The van der Waals surface area contributed by atoms with Crippen molar-refractivity contribution >= 4 is 51.8 Å². The fraction of sp³-hybridized carbons (Fsp3) is 0.364. The molecule has 7 heteroatoms. The predicted octanol–water partition coefficient (Wildman–Crippen LogP) is 4.36. The second-order valence-electron chi connectivity index (χ2n) is 6.69. The lowest BCUT2D eigenvalue weighted by Gasteiger charge is -2.18. The number of halogens is 2. The normalized spacial score (nSPS) is 11.9. The molecule has 1 unspecified atom stereocenters. The maximum atomic E-state index is 11.8. The molecule has 29 heavy (non-hydrogen) atoms. The first-order valence-corrected chi connectivity index (χ1v) is 10.3. The second-order valence-corrected chi connectivity index (χ2v) is 7.61. The van der Waals surface area contributed by atoms with E-state index in [9.17, 15) is 4.79 Å². The summed E-state index contributed by atoms with van der Waals surface area (Å²) < 4.78 is 1.12. The van der Waals surface area contributed by atoms with E-state index in [0.717, 1.165) is 35.4 Å². The standard InChI is InChI=1S/C22H29BrN4O.HI/c1-4-16(11-17-7-6-10-20(23)13-17)14-26-22(25-3)27-15-18-8-5-9-19(12-18)21(28)24-2;/h5-10,12-13,16H,4,11,14-15H2,1-3H3,(H,24,28)(H2,25,26,27);1H. The SMILES string of the molecule is CCC(CNC(=NC)NCc1cccc(C(=O)NC)c1)Cc1cccc(Br)c1.I. The number of guanidine groups is 1. The van der Waals surface area contributed by atoms with Crippen LogP contribution in [0.2, 0.25) is 0 Å². The number of nitrogens with one attached hydrogen (secondary N) is 3. The van der Waals surface area contributed by atoms with Crippen LogP contribution in [-0.4, -0.2) is 32.5 Å². The van der Waals surface area contributed by atoms with Gasteiger partial charge in [-0.05, 0) is 47.7 Å². The minimum atomic E-state index is -0.0808. The van der Waals surface area contributed by atoms with Gasteiger partial charge in [-0.1, -0.05) is 53.5 Å². The van der Waals surface area contributed by atoms with E-state index in [-0.39, 0.29) is 29.9 Å². The van der Waals surface area contributed by atoms with Crippen LogP contribution in [0.1, 0.15) is 34.8 Å². The molecule has 158 valence electrons. The van der Waals surface area contributed by atoms with Gasteiger partial charge in [0.25, 0.3) is 5.91 Å². The van der Waals surface area contributed by atoms with Gasteiger partial charge in [-0.15, -0.1) is 24.0 Å². The summed E-state index contributed by atoms with van der Waals surface area (Å²) in [6.45, 7) is 3.67. The molecule has 0 aromatic heterocycles. The molecule has 0 fully saturated rings. The summed E-state index contributed by atoms with van der Waals surface area (Å²) in [7, 11) is 3.41. The molecule has 1 atom stereocenters. The summed E-state index contributed by atoms with van der Waals surface area (Å²) in [6, 6.07) is 16.1. The predicted molar refractivity (Wildman–Crippen MR) is 135 cm³/mol. The summed E-state index contributed by atoms with van der Waals surface area (Å²) >= 11 is 3.54. The van der Waals surface area contributed by atoms with Crippen molar-refractivity contribution < 1.29 is 4.79 Å². The highest BCUT2D eigenvalue weighted by Gasteiger charge is 2.10. The number of carbonyl (C=O) groups is 1. The Morgan fingerprint density at radius 2 is 1.83 bits per heavy atom. The van der Waals surface area contributed by atoms with Crippen molar-refractivity contribution in [2.24, 2.45) is 10.9 Å². The van der Waals surface area contributed by atoms with Crippen molar-refractivity contribution in [3.05, 3.63) is 69.7 Å². The highest BCUT2D eigenvalue weighted by Crippen LogP contribution is 2.16. The van der Waals surface area contributed by atoms with Crippen molar-refractivity contribution in [2.45, 2.75) is 26.3 Å². The minimum absolute atomic E-state index is 0. The van der Waals surface area contributed by atoms with E-state index < -0.39 is 0 Å². The van der Waals surface area contributed by atoms with Crippen molar-refractivity contribution in [1.29, 1.82) is 0 Å². The Morgan fingerprint density at radius 3 is 2.48 bits per heavy atom. The lowest BCUT2D eigenvalue weighted by molar-refractivity contribution is 0.0963. The Bertz CT molecular complexity index is 813. The molecule has 0 aliphatic carbocycles. The summed E-state index contributed by atoms with van der Waals surface area (Å²) in [6.07, 6.45) is 2.11. The molecule has 2 aromatic rings. The smallest absolute Gasteiger partial charge is 0.251 e. The van der Waals surface area contributed by atoms with Crippen molar-refractivity contribution in [2.75, 3.05) is 20.6 Å². The second kappa shape index (κ2) is 13.6. The fourth-order valence-corrected chi connectivity index (χ4v) is 3.42. The Labute approximate surface area is 199 Å². The summed E-state index contributed by atoms with van der Waals surface area (Å²) in [5.74, 6) is 1.20. The largest absolute Gasteiger partial charge is 0.356 e. The summed E-state index contributed by atoms with van der Waals surface area (Å²) in [4.78, 5) is 16.1. The first-order chi connectivity index (χ1) is 13.5. The van der Waals surface area contributed by atoms with Gasteiger partial charge in [-0.3, -0.25) is 9.79 Å². The van der Waals surface area contributed by atoms with Gasteiger partial charge in [0.2, 0.25) is 0 Å². The molecule has 0 heterocycles. The molecule has 2 rings (SSSR count). The molecule has 5 nitrogen and oxygen atoms in total. The Kier molecular flexibility index (Phi) is 11.9. The molecule has 2 aromatic carbocycles. The number of hydrogen-bond donors (Lipinski definition) is 3. The maximum absolute atomic E-state index is 11.8. The number of amides is 1. The minimum Gasteiger partial charge on any atom is -0.356 e. The first-order valence-electron chi connectivity index (χ1n) is 9.55. The zero-order chi connectivity index (χ0) is 20.4. The van der Waals surface area contributed by atoms with Gasteiger partial charge in [-0.25, -0.2) is 0 Å². The third kappa shape index (κ3) is 8.74. The molecule has 0 aliphatic rings. The molecule has 0 bridgehead atoms. The van der Waals surface area contributed by atoms with Gasteiger partial charge >= 0.3 is 0 Å². The van der Waals surface area contributed by atoms with E-state index in [1.807, 2.05) is 30.3 Å². The summed E-state index contributed by atoms with van der Waals surface area (Å²) in [5, 5.41) is 9.39. The molecular formula is C22H30BrIN4O. The van der Waals surface area contributed by atoms with Gasteiger partial charge in [0, 0.05) is 37.2 Å². The van der Waals surface area contributed by atoms with E-state index in [4.69, 9.17) is 0 Å². The van der Waals surface area contributed by atoms with Crippen molar-refractivity contribution in [1.82, 2.24) is 16.0 Å². The van der Waals surface area contributed by atoms with E-state index >= 15 is 0 Å². The van der Waals surface area contributed by atoms with Gasteiger partial charge in [-0.2, -0.15) is 0 Å². The van der Waals surface area contributed by atoms with Gasteiger partial charge in [0.1, 0.15) is 0 Å². The highest BCUT2D eigenvalue weighted by molar-refractivity contribution is 14.0. The van der Waals surface area contributed by atoms with Crippen LogP contribution in [0.15, 0.2) is 58.0 Å². The van der Waals surface area contributed by atoms with E-state index in [1.54, 1.807) is 14.1 Å². The molecule has 1 amide bonds. The molecule has 0 radical (unpaired) electrons. The number of aliphatic imine (C=N–C) groups is 1. The van der Waals surface area contributed by atoms with Crippen LogP contribution in [0.4, 0.5) is 0 Å². The van der Waals surface area contributed by atoms with Crippen LogP contribution < -0.4 is 16.0 Å².